The third-order valence-corrected chi connectivity index (χ3v) is 5.64. The number of benzene rings is 1. The lowest BCUT2D eigenvalue weighted by Crippen LogP contribution is -2.26. The second-order valence-corrected chi connectivity index (χ2v) is 7.70. The predicted octanol–water partition coefficient (Wildman–Crippen LogP) is 4.98. The minimum absolute atomic E-state index is 0.276. The molecular formula is C25H27NO4. The van der Waals surface area contributed by atoms with Crippen LogP contribution in [0.25, 0.3) is 5.57 Å². The number of ether oxygens (including phenoxy) is 2. The number of nitrogens with one attached hydrogen (secondary N) is 1. The van der Waals surface area contributed by atoms with E-state index in [9.17, 15) is 9.90 Å². The van der Waals surface area contributed by atoms with Gasteiger partial charge in [-0.25, -0.2) is 0 Å². The highest BCUT2D eigenvalue weighted by Crippen LogP contribution is 2.27. The van der Waals surface area contributed by atoms with E-state index in [0.717, 1.165) is 43.1 Å². The highest BCUT2D eigenvalue weighted by atomic mass is 16.5. The fourth-order valence-electron chi connectivity index (χ4n) is 3.98. The van der Waals surface area contributed by atoms with E-state index in [4.69, 9.17) is 9.47 Å². The average Bonchev–Trinajstić information content (AvgIpc) is 2.80. The minimum Gasteiger partial charge on any atom is -0.515 e. The highest BCUT2D eigenvalue weighted by molar-refractivity contribution is 6.19. The van der Waals surface area contributed by atoms with E-state index in [-0.39, 0.29) is 11.5 Å². The second-order valence-electron chi connectivity index (χ2n) is 7.70. The number of hydrogen-bond donors (Lipinski definition) is 2. The van der Waals surface area contributed by atoms with Crippen molar-refractivity contribution < 1.29 is 19.4 Å². The third kappa shape index (κ3) is 4.67. The van der Waals surface area contributed by atoms with E-state index in [0.29, 0.717) is 24.5 Å². The van der Waals surface area contributed by atoms with Gasteiger partial charge in [0.05, 0.1) is 11.8 Å². The maximum absolute atomic E-state index is 12.6. The normalized spacial score (nSPS) is 18.3. The van der Waals surface area contributed by atoms with Gasteiger partial charge in [-0.1, -0.05) is 36.4 Å². The van der Waals surface area contributed by atoms with Gasteiger partial charge in [0.1, 0.15) is 18.3 Å². The van der Waals surface area contributed by atoms with Crippen molar-refractivity contribution in [1.29, 1.82) is 0 Å². The smallest absolute Gasteiger partial charge is 0.255 e. The molecule has 156 valence electrons. The topological polar surface area (TPSA) is 67.8 Å². The van der Waals surface area contributed by atoms with Crippen LogP contribution in [0.1, 0.15) is 48.8 Å². The Kier molecular flexibility index (Phi) is 6.38. The fourth-order valence-corrected chi connectivity index (χ4v) is 3.98. The molecule has 0 radical (unpaired) electrons. The van der Waals surface area contributed by atoms with Crippen LogP contribution in [0.3, 0.4) is 0 Å². The van der Waals surface area contributed by atoms with Crippen molar-refractivity contribution in [2.24, 2.45) is 0 Å². The Morgan fingerprint density at radius 2 is 2.00 bits per heavy atom. The number of aliphatic hydroxyl groups excluding tert-OH is 1. The Bertz CT molecular complexity index is 965. The zero-order valence-electron chi connectivity index (χ0n) is 17.0. The third-order valence-electron chi connectivity index (χ3n) is 5.64. The Hall–Kier alpha value is -3.21. The minimum atomic E-state index is -0.304. The van der Waals surface area contributed by atoms with Crippen LogP contribution in [0.5, 0.6) is 0 Å². The number of carbonyl (C=O) groups excluding carboxylic acids is 1. The van der Waals surface area contributed by atoms with E-state index in [2.05, 4.69) is 17.5 Å². The summed E-state index contributed by atoms with van der Waals surface area (Å²) in [6.07, 6.45) is 17.1. The monoisotopic (exact) mass is 405 g/mol. The number of aliphatic hydroxyl groups is 1. The van der Waals surface area contributed by atoms with Gasteiger partial charge in [0, 0.05) is 13.0 Å². The van der Waals surface area contributed by atoms with Crippen molar-refractivity contribution >= 4 is 11.5 Å². The molecule has 0 saturated heterocycles. The molecule has 0 spiro atoms. The van der Waals surface area contributed by atoms with Crippen molar-refractivity contribution in [1.82, 2.24) is 5.32 Å². The molecule has 30 heavy (non-hydrogen) atoms. The molecule has 1 aromatic rings. The SMILES string of the molecule is O=C(NCCC1=COC=C(C2=CC=CCC2)O1)C(=CO)c1ccc2c(c1)CCCC2. The first-order valence-electron chi connectivity index (χ1n) is 10.6. The number of aryl methyl sites for hydroxylation is 2. The predicted molar refractivity (Wildman–Crippen MR) is 116 cm³/mol. The molecule has 2 aliphatic carbocycles. The molecule has 0 unspecified atom stereocenters. The molecule has 0 atom stereocenters. The summed E-state index contributed by atoms with van der Waals surface area (Å²) < 4.78 is 11.3. The van der Waals surface area contributed by atoms with Crippen LogP contribution < -0.4 is 5.32 Å². The van der Waals surface area contributed by atoms with Gasteiger partial charge >= 0.3 is 0 Å². The Morgan fingerprint density at radius 1 is 1.13 bits per heavy atom. The lowest BCUT2D eigenvalue weighted by molar-refractivity contribution is -0.115. The van der Waals surface area contributed by atoms with Crippen molar-refractivity contribution in [2.75, 3.05) is 6.54 Å². The molecule has 0 saturated carbocycles. The summed E-state index contributed by atoms with van der Waals surface area (Å²) in [6, 6.07) is 6.01. The van der Waals surface area contributed by atoms with E-state index >= 15 is 0 Å². The van der Waals surface area contributed by atoms with Gasteiger partial charge in [0.15, 0.2) is 5.76 Å². The number of fused-ring (bicyclic) bond motifs is 1. The van der Waals surface area contributed by atoms with Crippen LogP contribution in [0.4, 0.5) is 0 Å². The Balaban J connectivity index is 1.31. The lowest BCUT2D eigenvalue weighted by atomic mass is 9.89. The molecule has 5 nitrogen and oxygen atoms in total. The van der Waals surface area contributed by atoms with Crippen LogP contribution in [0, 0.1) is 0 Å². The molecule has 1 amide bonds. The molecule has 1 aromatic carbocycles. The summed E-state index contributed by atoms with van der Waals surface area (Å²) in [6.45, 7) is 0.378. The zero-order chi connectivity index (χ0) is 20.8. The summed E-state index contributed by atoms with van der Waals surface area (Å²) >= 11 is 0. The van der Waals surface area contributed by atoms with Gasteiger partial charge in [-0.2, -0.15) is 0 Å². The molecule has 0 fully saturated rings. The molecule has 2 N–H and O–H groups in total. The maximum atomic E-state index is 12.6. The van der Waals surface area contributed by atoms with Crippen molar-refractivity contribution in [3.8, 4) is 0 Å². The molecule has 4 rings (SSSR count). The summed E-state index contributed by atoms with van der Waals surface area (Å²) in [7, 11) is 0. The van der Waals surface area contributed by atoms with E-state index in [1.807, 2.05) is 24.3 Å². The number of amides is 1. The molecule has 1 aliphatic heterocycles. The van der Waals surface area contributed by atoms with Crippen molar-refractivity contribution in [3.63, 3.8) is 0 Å². The molecule has 3 aliphatic rings. The Morgan fingerprint density at radius 3 is 2.80 bits per heavy atom. The summed E-state index contributed by atoms with van der Waals surface area (Å²) in [5.41, 5.74) is 4.74. The maximum Gasteiger partial charge on any atom is 0.255 e. The fraction of sp³-hybridized carbons (Fsp3) is 0.320. The summed E-state index contributed by atoms with van der Waals surface area (Å²) in [5, 5.41) is 12.5. The van der Waals surface area contributed by atoms with Gasteiger partial charge in [-0.3, -0.25) is 4.79 Å². The molecule has 1 heterocycles. The van der Waals surface area contributed by atoms with Gasteiger partial charge in [-0.05, 0) is 60.8 Å². The van der Waals surface area contributed by atoms with Crippen LogP contribution in [-0.4, -0.2) is 17.6 Å². The highest BCUT2D eigenvalue weighted by Gasteiger charge is 2.18. The Labute approximate surface area is 177 Å². The summed E-state index contributed by atoms with van der Waals surface area (Å²) in [5.74, 6) is 1.07. The second kappa shape index (κ2) is 9.53. The van der Waals surface area contributed by atoms with E-state index in [1.165, 1.54) is 24.0 Å². The van der Waals surface area contributed by atoms with Gasteiger partial charge in [0.2, 0.25) is 0 Å². The first kappa shape index (κ1) is 20.1. The average molecular weight is 405 g/mol. The van der Waals surface area contributed by atoms with Crippen LogP contribution in [-0.2, 0) is 27.1 Å². The molecule has 5 heteroatoms. The van der Waals surface area contributed by atoms with Crippen molar-refractivity contribution in [2.45, 2.75) is 44.9 Å². The number of allylic oxidation sites excluding steroid dienone is 4. The zero-order valence-corrected chi connectivity index (χ0v) is 17.0. The molecule has 0 bridgehead atoms. The number of rotatable bonds is 6. The van der Waals surface area contributed by atoms with Crippen LogP contribution in [0.2, 0.25) is 0 Å². The number of hydrogen-bond acceptors (Lipinski definition) is 4. The number of carbonyl (C=O) groups is 1. The van der Waals surface area contributed by atoms with Crippen LogP contribution in [0.15, 0.2) is 72.3 Å². The summed E-state index contributed by atoms with van der Waals surface area (Å²) in [4.78, 5) is 12.6. The first-order valence-corrected chi connectivity index (χ1v) is 10.6. The molecule has 0 aromatic heterocycles. The van der Waals surface area contributed by atoms with E-state index < -0.39 is 0 Å². The standard InChI is InChI=1S/C25H27NO4/c27-15-23(21-11-10-18-6-4-5-9-20(18)14-21)25(28)26-13-12-22-16-29-17-24(30-22)19-7-2-1-3-8-19/h1-2,7,10-11,14-17,27H,3-6,8-9,12-13H2,(H,26,28). The van der Waals surface area contributed by atoms with E-state index in [1.54, 1.807) is 12.5 Å². The van der Waals surface area contributed by atoms with Crippen LogP contribution >= 0.6 is 0 Å². The molecular weight excluding hydrogens is 378 g/mol. The van der Waals surface area contributed by atoms with Gasteiger partial charge in [-0.15, -0.1) is 0 Å². The van der Waals surface area contributed by atoms with Gasteiger partial charge < -0.3 is 19.9 Å². The lowest BCUT2D eigenvalue weighted by Gasteiger charge is -2.20. The van der Waals surface area contributed by atoms with Gasteiger partial charge in [0.25, 0.3) is 5.91 Å². The quantitative estimate of drug-likeness (QED) is 0.518. The van der Waals surface area contributed by atoms with Crippen molar-refractivity contribution in [3.05, 3.63) is 89.0 Å². The largest absolute Gasteiger partial charge is 0.515 e. The first-order chi connectivity index (χ1) is 14.7.